The summed E-state index contributed by atoms with van der Waals surface area (Å²) in [5.41, 5.74) is 6.83. The fraction of sp³-hybridized carbons (Fsp3) is 0. The van der Waals surface area contributed by atoms with Crippen molar-refractivity contribution in [3.8, 4) is 0 Å². The van der Waals surface area contributed by atoms with Gasteiger partial charge < -0.3 is 10.7 Å². The maximum Gasteiger partial charge on any atom is 0.333 e. The Hall–Kier alpha value is -2.24. The van der Waals surface area contributed by atoms with Crippen molar-refractivity contribution in [1.29, 1.82) is 0 Å². The molecule has 0 amide bonds. The van der Waals surface area contributed by atoms with Crippen LogP contribution in [0.2, 0.25) is 10.0 Å². The number of nitrogens with two attached hydrogens (primary N) is 1. The highest BCUT2D eigenvalue weighted by Gasteiger charge is 2.16. The summed E-state index contributed by atoms with van der Waals surface area (Å²) in [6.45, 7) is 0. The Balaban J connectivity index is 2.19. The summed E-state index contributed by atoms with van der Waals surface area (Å²) in [7, 11) is 0. The van der Waals surface area contributed by atoms with E-state index in [9.17, 15) is 9.59 Å². The van der Waals surface area contributed by atoms with Gasteiger partial charge in [-0.3, -0.25) is 4.79 Å². The molecule has 3 N–H and O–H groups in total. The number of hydrogen-bond donors (Lipinski definition) is 2. The fourth-order valence-electron chi connectivity index (χ4n) is 2.09. The number of aromatic nitrogens is 2. The minimum atomic E-state index is -0.535. The van der Waals surface area contributed by atoms with Crippen LogP contribution in [0.4, 0.5) is 5.69 Å². The number of nitrogens with one attached hydrogen (secondary N) is 1. The SMILES string of the molecule is Nc1ccc2c(c1)[nH]c(=O)n2C(=O)c1ccc(Cl)c(Cl)c1. The number of aromatic amines is 1. The molecule has 106 valence electrons. The normalized spacial score (nSPS) is 11.0. The van der Waals surface area contributed by atoms with Crippen LogP contribution in [0.25, 0.3) is 11.0 Å². The number of halogens is 2. The molecule has 0 aliphatic carbocycles. The summed E-state index contributed by atoms with van der Waals surface area (Å²) < 4.78 is 1.04. The molecule has 0 unspecified atom stereocenters. The number of carbonyl (C=O) groups excluding carboxylic acids is 1. The quantitative estimate of drug-likeness (QED) is 0.676. The molecule has 5 nitrogen and oxygen atoms in total. The van der Waals surface area contributed by atoms with Crippen LogP contribution < -0.4 is 11.4 Å². The molecule has 0 bridgehead atoms. The zero-order chi connectivity index (χ0) is 15.1. The molecular weight excluding hydrogens is 313 g/mol. The minimum absolute atomic E-state index is 0.250. The lowest BCUT2D eigenvalue weighted by Gasteiger charge is -2.04. The highest BCUT2D eigenvalue weighted by atomic mass is 35.5. The first-order valence-electron chi connectivity index (χ1n) is 5.97. The molecular formula is C14H9Cl2N3O2. The number of rotatable bonds is 1. The van der Waals surface area contributed by atoms with Gasteiger partial charge in [0.1, 0.15) is 0 Å². The van der Waals surface area contributed by atoms with E-state index >= 15 is 0 Å². The maximum absolute atomic E-state index is 12.5. The van der Waals surface area contributed by atoms with Crippen molar-refractivity contribution in [3.63, 3.8) is 0 Å². The molecule has 3 aromatic rings. The number of nitrogen functional groups attached to an aromatic ring is 1. The van der Waals surface area contributed by atoms with Gasteiger partial charge in [0.05, 0.1) is 21.1 Å². The fourth-order valence-corrected chi connectivity index (χ4v) is 2.39. The molecule has 21 heavy (non-hydrogen) atoms. The highest BCUT2D eigenvalue weighted by Crippen LogP contribution is 2.23. The van der Waals surface area contributed by atoms with Crippen molar-refractivity contribution < 1.29 is 4.79 Å². The first-order chi connectivity index (χ1) is 9.97. The lowest BCUT2D eigenvalue weighted by Crippen LogP contribution is -2.24. The molecule has 0 saturated heterocycles. The van der Waals surface area contributed by atoms with E-state index in [0.29, 0.717) is 21.7 Å². The molecule has 0 aliphatic rings. The van der Waals surface area contributed by atoms with E-state index < -0.39 is 11.6 Å². The smallest absolute Gasteiger partial charge is 0.333 e. The molecule has 0 aliphatic heterocycles. The van der Waals surface area contributed by atoms with Crippen molar-refractivity contribution in [3.05, 3.63) is 62.5 Å². The monoisotopic (exact) mass is 321 g/mol. The van der Waals surface area contributed by atoms with Crippen molar-refractivity contribution in [2.75, 3.05) is 5.73 Å². The van der Waals surface area contributed by atoms with Gasteiger partial charge in [0.2, 0.25) is 0 Å². The van der Waals surface area contributed by atoms with Crippen molar-refractivity contribution in [2.45, 2.75) is 0 Å². The lowest BCUT2D eigenvalue weighted by atomic mass is 10.2. The largest absolute Gasteiger partial charge is 0.399 e. The van der Waals surface area contributed by atoms with Crippen LogP contribution in [0, 0.1) is 0 Å². The van der Waals surface area contributed by atoms with Crippen LogP contribution >= 0.6 is 23.2 Å². The highest BCUT2D eigenvalue weighted by molar-refractivity contribution is 6.42. The first kappa shape index (κ1) is 13.7. The zero-order valence-corrected chi connectivity index (χ0v) is 12.1. The Bertz CT molecular complexity index is 928. The van der Waals surface area contributed by atoms with Gasteiger partial charge >= 0.3 is 5.69 Å². The topological polar surface area (TPSA) is 80.9 Å². The van der Waals surface area contributed by atoms with Gasteiger partial charge in [-0.2, -0.15) is 0 Å². The van der Waals surface area contributed by atoms with Crippen molar-refractivity contribution >= 4 is 45.8 Å². The van der Waals surface area contributed by atoms with Crippen LogP contribution in [0.15, 0.2) is 41.2 Å². The van der Waals surface area contributed by atoms with Crippen LogP contribution in [0.1, 0.15) is 10.4 Å². The molecule has 0 fully saturated rings. The van der Waals surface area contributed by atoms with Crippen molar-refractivity contribution in [2.24, 2.45) is 0 Å². The molecule has 0 atom stereocenters. The molecule has 3 rings (SSSR count). The Morgan fingerprint density at radius 1 is 1.10 bits per heavy atom. The van der Waals surface area contributed by atoms with Gasteiger partial charge in [-0.25, -0.2) is 9.36 Å². The Labute approximate surface area is 128 Å². The summed E-state index contributed by atoms with van der Waals surface area (Å²) in [4.78, 5) is 27.1. The summed E-state index contributed by atoms with van der Waals surface area (Å²) in [6, 6.07) is 9.27. The Kier molecular flexibility index (Phi) is 3.23. The van der Waals surface area contributed by atoms with Gasteiger partial charge in [0.15, 0.2) is 0 Å². The first-order valence-corrected chi connectivity index (χ1v) is 6.73. The number of anilines is 1. The second-order valence-electron chi connectivity index (χ2n) is 4.48. The number of benzene rings is 2. The van der Waals surface area contributed by atoms with Gasteiger partial charge in [0.25, 0.3) is 5.91 Å². The van der Waals surface area contributed by atoms with E-state index in [2.05, 4.69) is 4.98 Å². The van der Waals surface area contributed by atoms with E-state index in [0.717, 1.165) is 4.57 Å². The van der Waals surface area contributed by atoms with Crippen LogP contribution in [-0.2, 0) is 0 Å². The summed E-state index contributed by atoms with van der Waals surface area (Å²) in [6.07, 6.45) is 0. The molecule has 7 heteroatoms. The Morgan fingerprint density at radius 2 is 1.86 bits per heavy atom. The van der Waals surface area contributed by atoms with Gasteiger partial charge in [-0.15, -0.1) is 0 Å². The number of hydrogen-bond acceptors (Lipinski definition) is 3. The summed E-state index contributed by atoms with van der Waals surface area (Å²) >= 11 is 11.7. The van der Waals surface area contributed by atoms with Crippen LogP contribution in [0.5, 0.6) is 0 Å². The standard InChI is InChI=1S/C14H9Cl2N3O2/c15-9-3-1-7(5-10(9)16)13(20)19-12-4-2-8(17)6-11(12)18-14(19)21/h1-6H,17H2,(H,18,21). The third-order valence-electron chi connectivity index (χ3n) is 3.08. The summed E-state index contributed by atoms with van der Waals surface area (Å²) in [5.74, 6) is -0.491. The number of carbonyl (C=O) groups is 1. The average molecular weight is 322 g/mol. The third-order valence-corrected chi connectivity index (χ3v) is 3.81. The van der Waals surface area contributed by atoms with E-state index in [-0.39, 0.29) is 10.6 Å². The van der Waals surface area contributed by atoms with Crippen LogP contribution in [0.3, 0.4) is 0 Å². The zero-order valence-electron chi connectivity index (χ0n) is 10.6. The summed E-state index contributed by atoms with van der Waals surface area (Å²) in [5, 5.41) is 0.590. The lowest BCUT2D eigenvalue weighted by molar-refractivity contribution is 0.0961. The number of nitrogens with zero attached hydrogens (tertiary/aromatic N) is 1. The van der Waals surface area contributed by atoms with Gasteiger partial charge in [0, 0.05) is 11.3 Å². The second-order valence-corrected chi connectivity index (χ2v) is 5.29. The molecule has 0 radical (unpaired) electrons. The second kappa shape index (κ2) is 4.95. The molecule has 1 heterocycles. The maximum atomic E-state index is 12.5. The number of H-pyrrole nitrogens is 1. The number of fused-ring (bicyclic) bond motifs is 1. The predicted octanol–water partition coefficient (Wildman–Crippen LogP) is 2.91. The van der Waals surface area contributed by atoms with Gasteiger partial charge in [-0.05, 0) is 36.4 Å². The molecule has 0 saturated carbocycles. The minimum Gasteiger partial charge on any atom is -0.399 e. The molecule has 2 aromatic carbocycles. The van der Waals surface area contributed by atoms with E-state index in [1.54, 1.807) is 18.2 Å². The predicted molar refractivity (Wildman–Crippen MR) is 83.2 cm³/mol. The van der Waals surface area contributed by atoms with Crippen molar-refractivity contribution in [1.82, 2.24) is 9.55 Å². The average Bonchev–Trinajstić information content (AvgIpc) is 2.76. The number of imidazole rings is 1. The Morgan fingerprint density at radius 3 is 2.57 bits per heavy atom. The molecule has 1 aromatic heterocycles. The third kappa shape index (κ3) is 2.30. The van der Waals surface area contributed by atoms with E-state index in [1.165, 1.54) is 18.2 Å². The van der Waals surface area contributed by atoms with Gasteiger partial charge in [-0.1, -0.05) is 23.2 Å². The van der Waals surface area contributed by atoms with Crippen LogP contribution in [-0.4, -0.2) is 15.5 Å². The van der Waals surface area contributed by atoms with E-state index in [4.69, 9.17) is 28.9 Å². The van der Waals surface area contributed by atoms with E-state index in [1.807, 2.05) is 0 Å². The molecule has 0 spiro atoms.